The summed E-state index contributed by atoms with van der Waals surface area (Å²) in [6, 6.07) is 13.9. The number of carbonyl (C=O) groups is 1. The van der Waals surface area contributed by atoms with Crippen molar-refractivity contribution in [3.63, 3.8) is 0 Å². The summed E-state index contributed by atoms with van der Waals surface area (Å²) in [7, 11) is -3.78. The highest BCUT2D eigenvalue weighted by Gasteiger charge is 2.56. The standard InChI is InChI=1S/C22H23NO3S/c1-15-8-10-18(11-9-15)27(25,26)23-20-7-5-4-6-19(20)22(14-24)13-17(3)16(2)12-21(22)23/h4-11,14,21H,12-13H2,1-3H3/t21-,22+/m0/s1. The average molecular weight is 381 g/mol. The molecule has 0 spiro atoms. The number of fused-ring (bicyclic) bond motifs is 3. The van der Waals surface area contributed by atoms with E-state index in [1.165, 1.54) is 9.88 Å². The lowest BCUT2D eigenvalue weighted by atomic mass is 9.67. The minimum Gasteiger partial charge on any atom is -0.302 e. The lowest BCUT2D eigenvalue weighted by molar-refractivity contribution is -0.113. The zero-order chi connectivity index (χ0) is 19.4. The first kappa shape index (κ1) is 18.0. The van der Waals surface area contributed by atoms with Crippen LogP contribution in [0.15, 0.2) is 64.6 Å². The van der Waals surface area contributed by atoms with Crippen molar-refractivity contribution < 1.29 is 13.2 Å². The topological polar surface area (TPSA) is 54.5 Å². The Kier molecular flexibility index (Phi) is 4.04. The summed E-state index contributed by atoms with van der Waals surface area (Å²) in [5.41, 5.74) is 3.95. The first-order chi connectivity index (χ1) is 12.8. The molecule has 0 N–H and O–H groups in total. The van der Waals surface area contributed by atoms with E-state index < -0.39 is 21.5 Å². The molecule has 0 bridgehead atoms. The molecule has 0 amide bonds. The van der Waals surface area contributed by atoms with Crippen LogP contribution >= 0.6 is 0 Å². The molecule has 4 nitrogen and oxygen atoms in total. The summed E-state index contributed by atoms with van der Waals surface area (Å²) in [5.74, 6) is 0. The number of anilines is 1. The number of aryl methyl sites for hydroxylation is 1. The maximum atomic E-state index is 13.6. The van der Waals surface area contributed by atoms with Crippen LogP contribution in [0.4, 0.5) is 5.69 Å². The summed E-state index contributed by atoms with van der Waals surface area (Å²) < 4.78 is 28.7. The summed E-state index contributed by atoms with van der Waals surface area (Å²) in [4.78, 5) is 12.6. The first-order valence-corrected chi connectivity index (χ1v) is 10.6. The van der Waals surface area contributed by atoms with Gasteiger partial charge in [-0.25, -0.2) is 8.42 Å². The monoisotopic (exact) mass is 381 g/mol. The second-order valence-electron chi connectivity index (χ2n) is 7.75. The number of carbonyl (C=O) groups excluding carboxylic acids is 1. The lowest BCUT2D eigenvalue weighted by Gasteiger charge is -2.39. The molecule has 5 heteroatoms. The molecule has 2 aromatic rings. The van der Waals surface area contributed by atoms with Gasteiger partial charge in [0.1, 0.15) is 6.29 Å². The van der Waals surface area contributed by atoms with Gasteiger partial charge in [0.25, 0.3) is 10.0 Å². The Hall–Kier alpha value is -2.40. The van der Waals surface area contributed by atoms with Crippen LogP contribution in [0.3, 0.4) is 0 Å². The number of benzene rings is 2. The van der Waals surface area contributed by atoms with Gasteiger partial charge in [-0.05, 0) is 57.4 Å². The van der Waals surface area contributed by atoms with Gasteiger partial charge < -0.3 is 4.79 Å². The molecule has 27 heavy (non-hydrogen) atoms. The van der Waals surface area contributed by atoms with Gasteiger partial charge in [0.2, 0.25) is 0 Å². The molecule has 140 valence electrons. The number of allylic oxidation sites excluding steroid dienone is 1. The van der Waals surface area contributed by atoms with Gasteiger partial charge in [-0.2, -0.15) is 0 Å². The number of rotatable bonds is 3. The third-order valence-corrected chi connectivity index (χ3v) is 7.93. The fraction of sp³-hybridized carbons (Fsp3) is 0.318. The quantitative estimate of drug-likeness (QED) is 0.593. The molecule has 2 aliphatic rings. The molecule has 0 saturated heterocycles. The van der Waals surface area contributed by atoms with Crippen molar-refractivity contribution in [1.29, 1.82) is 0 Å². The van der Waals surface area contributed by atoms with Gasteiger partial charge in [0.15, 0.2) is 0 Å². The van der Waals surface area contributed by atoms with Crippen molar-refractivity contribution in [2.24, 2.45) is 0 Å². The SMILES string of the molecule is CC1=C(C)C[C@@]2(C=O)c3ccccc3N(S(=O)(=O)c3ccc(C)cc3)[C@H]2C1. The Balaban J connectivity index is 1.95. The second kappa shape index (κ2) is 6.06. The average Bonchev–Trinajstić information content (AvgIpc) is 2.93. The van der Waals surface area contributed by atoms with E-state index >= 15 is 0 Å². The normalized spacial score (nSPS) is 24.6. The van der Waals surface area contributed by atoms with E-state index in [4.69, 9.17) is 0 Å². The van der Waals surface area contributed by atoms with Crippen molar-refractivity contribution in [1.82, 2.24) is 0 Å². The third kappa shape index (κ3) is 2.48. The maximum Gasteiger partial charge on any atom is 0.264 e. The highest BCUT2D eigenvalue weighted by molar-refractivity contribution is 7.92. The van der Waals surface area contributed by atoms with Crippen molar-refractivity contribution in [3.8, 4) is 0 Å². The molecule has 1 heterocycles. The van der Waals surface area contributed by atoms with Crippen LogP contribution in [0.5, 0.6) is 0 Å². The van der Waals surface area contributed by atoms with Gasteiger partial charge in [-0.3, -0.25) is 4.31 Å². The molecular formula is C22H23NO3S. The van der Waals surface area contributed by atoms with Gasteiger partial charge in [0.05, 0.1) is 22.0 Å². The molecule has 0 aromatic heterocycles. The smallest absolute Gasteiger partial charge is 0.264 e. The van der Waals surface area contributed by atoms with Gasteiger partial charge in [-0.15, -0.1) is 0 Å². The largest absolute Gasteiger partial charge is 0.302 e. The van der Waals surface area contributed by atoms with Crippen LogP contribution in [0.25, 0.3) is 0 Å². The molecule has 0 unspecified atom stereocenters. The Labute approximate surface area is 160 Å². The van der Waals surface area contributed by atoms with Crippen LogP contribution in [-0.4, -0.2) is 20.7 Å². The second-order valence-corrected chi connectivity index (χ2v) is 9.56. The molecule has 0 saturated carbocycles. The van der Waals surface area contributed by atoms with Crippen molar-refractivity contribution >= 4 is 22.0 Å². The summed E-state index contributed by atoms with van der Waals surface area (Å²) in [6.07, 6.45) is 2.09. The number of hydrogen-bond acceptors (Lipinski definition) is 3. The van der Waals surface area contributed by atoms with E-state index in [9.17, 15) is 13.2 Å². The van der Waals surface area contributed by atoms with Gasteiger partial charge >= 0.3 is 0 Å². The third-order valence-electron chi connectivity index (χ3n) is 6.09. The number of aldehydes is 1. The fourth-order valence-electron chi connectivity index (χ4n) is 4.45. The maximum absolute atomic E-state index is 13.6. The Morgan fingerprint density at radius 1 is 1.00 bits per heavy atom. The summed E-state index contributed by atoms with van der Waals surface area (Å²) >= 11 is 0. The predicted octanol–water partition coefficient (Wildman–Crippen LogP) is 4.14. The summed E-state index contributed by atoms with van der Waals surface area (Å²) in [5, 5.41) is 0. The van der Waals surface area contributed by atoms with E-state index in [0.717, 1.165) is 23.0 Å². The zero-order valence-corrected chi connectivity index (χ0v) is 16.6. The Bertz CT molecular complexity index is 1050. The Morgan fingerprint density at radius 2 is 1.67 bits per heavy atom. The zero-order valence-electron chi connectivity index (χ0n) is 15.8. The van der Waals surface area contributed by atoms with Crippen molar-refractivity contribution in [2.45, 2.75) is 50.0 Å². The lowest BCUT2D eigenvalue weighted by Crippen LogP contribution is -2.50. The van der Waals surface area contributed by atoms with Crippen LogP contribution in [-0.2, 0) is 20.2 Å². The number of para-hydroxylation sites is 1. The van der Waals surface area contributed by atoms with Crippen molar-refractivity contribution in [3.05, 3.63) is 70.8 Å². The molecule has 2 aromatic carbocycles. The van der Waals surface area contributed by atoms with Gasteiger partial charge in [0, 0.05) is 0 Å². The first-order valence-electron chi connectivity index (χ1n) is 9.13. The number of sulfonamides is 1. The van der Waals surface area contributed by atoms with Crippen LogP contribution in [0, 0.1) is 6.92 Å². The molecule has 0 radical (unpaired) electrons. The minimum absolute atomic E-state index is 0.258. The highest BCUT2D eigenvalue weighted by atomic mass is 32.2. The van der Waals surface area contributed by atoms with Gasteiger partial charge in [-0.1, -0.05) is 47.0 Å². The van der Waals surface area contributed by atoms with Crippen LogP contribution in [0.1, 0.15) is 37.8 Å². The molecular weight excluding hydrogens is 358 g/mol. The number of nitrogens with zero attached hydrogens (tertiary/aromatic N) is 1. The molecule has 0 fully saturated rings. The number of hydrogen-bond donors (Lipinski definition) is 0. The molecule has 2 atom stereocenters. The molecule has 1 aliphatic heterocycles. The van der Waals surface area contributed by atoms with Crippen molar-refractivity contribution in [2.75, 3.05) is 4.31 Å². The fourth-order valence-corrected chi connectivity index (χ4v) is 6.18. The Morgan fingerprint density at radius 3 is 2.33 bits per heavy atom. The highest BCUT2D eigenvalue weighted by Crippen LogP contribution is 2.54. The van der Waals surface area contributed by atoms with E-state index in [0.29, 0.717) is 18.5 Å². The molecule has 1 aliphatic carbocycles. The predicted molar refractivity (Wildman–Crippen MR) is 106 cm³/mol. The minimum atomic E-state index is -3.78. The van der Waals surface area contributed by atoms with E-state index in [1.54, 1.807) is 24.3 Å². The van der Waals surface area contributed by atoms with Crippen LogP contribution in [0.2, 0.25) is 0 Å². The van der Waals surface area contributed by atoms with E-state index in [-0.39, 0.29) is 4.90 Å². The summed E-state index contributed by atoms with van der Waals surface area (Å²) in [6.45, 7) is 6.00. The van der Waals surface area contributed by atoms with Crippen LogP contribution < -0.4 is 4.31 Å². The molecule has 4 rings (SSSR count). The van der Waals surface area contributed by atoms with E-state index in [2.05, 4.69) is 0 Å². The van der Waals surface area contributed by atoms with E-state index in [1.807, 2.05) is 45.0 Å².